The monoisotopic (exact) mass is 486 g/mol. The topological polar surface area (TPSA) is 77.3 Å². The molecule has 0 N–H and O–H groups in total. The maximum Gasteiger partial charge on any atom is 0.0987 e. The van der Waals surface area contributed by atoms with Crippen LogP contribution in [0.2, 0.25) is 0 Å². The molecule has 6 heteroatoms. The molecule has 0 saturated carbocycles. The Bertz CT molecular complexity index is 2050. The molecule has 6 heterocycles. The summed E-state index contributed by atoms with van der Waals surface area (Å²) in [6.07, 6.45) is 7.24. The molecule has 2 aromatic carbocycles. The highest BCUT2D eigenvalue weighted by Gasteiger charge is 2.15. The lowest BCUT2D eigenvalue weighted by atomic mass is 10.0. The fourth-order valence-electron chi connectivity index (χ4n) is 5.21. The molecule has 0 aliphatic rings. The third kappa shape index (κ3) is 3.14. The number of nitrogens with zero attached hydrogens (tertiary/aromatic N) is 6. The summed E-state index contributed by atoms with van der Waals surface area (Å²) in [5.41, 5.74) is 8.57. The number of aromatic nitrogens is 6. The van der Waals surface area contributed by atoms with E-state index >= 15 is 0 Å². The quantitative estimate of drug-likeness (QED) is 0.241. The number of fused-ring (bicyclic) bond motifs is 7. The predicted octanol–water partition coefficient (Wildman–Crippen LogP) is 7.16. The van der Waals surface area contributed by atoms with E-state index in [0.29, 0.717) is 0 Å². The van der Waals surface area contributed by atoms with E-state index in [1.807, 2.05) is 48.8 Å². The van der Waals surface area contributed by atoms with Crippen LogP contribution in [0.1, 0.15) is 0 Å². The van der Waals surface area contributed by atoms with E-state index in [9.17, 15) is 0 Å². The average molecular weight is 487 g/mol. The molecule has 0 amide bonds. The molecular weight excluding hydrogens is 468 g/mol. The Hall–Kier alpha value is -5.36. The van der Waals surface area contributed by atoms with Gasteiger partial charge in [-0.25, -0.2) is 9.97 Å². The van der Waals surface area contributed by atoms with Gasteiger partial charge in [-0.2, -0.15) is 0 Å². The van der Waals surface area contributed by atoms with Crippen molar-refractivity contribution in [3.05, 3.63) is 110 Å². The van der Waals surface area contributed by atoms with Crippen LogP contribution in [0.4, 0.5) is 0 Å². The van der Waals surface area contributed by atoms with Gasteiger partial charge in [-0.1, -0.05) is 48.5 Å². The van der Waals surface area contributed by atoms with Gasteiger partial charge in [0.1, 0.15) is 0 Å². The first kappa shape index (κ1) is 20.8. The summed E-state index contributed by atoms with van der Waals surface area (Å²) in [4.78, 5) is 28.8. The van der Waals surface area contributed by atoms with Gasteiger partial charge < -0.3 is 0 Å². The molecule has 6 aromatic heterocycles. The number of hydrogen-bond acceptors (Lipinski definition) is 6. The van der Waals surface area contributed by atoms with Crippen LogP contribution >= 0.6 is 0 Å². The van der Waals surface area contributed by atoms with Crippen LogP contribution < -0.4 is 0 Å². The molecule has 0 atom stereocenters. The SMILES string of the molecule is c1cnc2c(c1)ccc1ccc(-c3ccnc4c(-c5ccc6ccc7cccnc7c6n5)ccnc34)nc12. The third-order valence-corrected chi connectivity index (χ3v) is 7.04. The Morgan fingerprint density at radius 2 is 0.711 bits per heavy atom. The first-order chi connectivity index (χ1) is 18.8. The zero-order chi connectivity index (χ0) is 25.1. The van der Waals surface area contributed by atoms with Crippen molar-refractivity contribution in [3.8, 4) is 22.5 Å². The molecule has 0 unspecified atom stereocenters. The average Bonchev–Trinajstić information content (AvgIpc) is 3.00. The van der Waals surface area contributed by atoms with E-state index in [2.05, 4.69) is 58.5 Å². The second kappa shape index (κ2) is 8.08. The highest BCUT2D eigenvalue weighted by Crippen LogP contribution is 2.33. The van der Waals surface area contributed by atoms with Crippen LogP contribution in [0.5, 0.6) is 0 Å². The lowest BCUT2D eigenvalue weighted by molar-refractivity contribution is 1.30. The molecule has 8 aromatic rings. The van der Waals surface area contributed by atoms with E-state index < -0.39 is 0 Å². The van der Waals surface area contributed by atoms with Gasteiger partial charge in [0.05, 0.1) is 44.5 Å². The number of rotatable bonds is 2. The molecule has 176 valence electrons. The Kier molecular flexibility index (Phi) is 4.42. The largest absolute Gasteiger partial charge is 0.254 e. The van der Waals surface area contributed by atoms with Gasteiger partial charge in [0.25, 0.3) is 0 Å². The summed E-state index contributed by atoms with van der Waals surface area (Å²) in [5, 5.41) is 4.23. The lowest BCUT2D eigenvalue weighted by Crippen LogP contribution is -1.95. The first-order valence-corrected chi connectivity index (χ1v) is 12.4. The molecule has 8 rings (SSSR count). The van der Waals surface area contributed by atoms with Crippen molar-refractivity contribution in [1.82, 2.24) is 29.9 Å². The second-order valence-electron chi connectivity index (χ2n) is 9.23. The summed E-state index contributed by atoms with van der Waals surface area (Å²) >= 11 is 0. The van der Waals surface area contributed by atoms with Gasteiger partial charge in [0.15, 0.2) is 0 Å². The zero-order valence-corrected chi connectivity index (χ0v) is 20.1. The third-order valence-electron chi connectivity index (χ3n) is 7.04. The van der Waals surface area contributed by atoms with Crippen LogP contribution in [0.3, 0.4) is 0 Å². The van der Waals surface area contributed by atoms with Gasteiger partial charge in [0.2, 0.25) is 0 Å². The molecule has 0 fully saturated rings. The minimum atomic E-state index is 0.781. The van der Waals surface area contributed by atoms with Crippen molar-refractivity contribution in [2.45, 2.75) is 0 Å². The van der Waals surface area contributed by atoms with Gasteiger partial charge in [-0.3, -0.25) is 19.9 Å². The maximum absolute atomic E-state index is 5.05. The lowest BCUT2D eigenvalue weighted by Gasteiger charge is -2.11. The number of benzene rings is 2. The fraction of sp³-hybridized carbons (Fsp3) is 0. The highest BCUT2D eigenvalue weighted by atomic mass is 14.8. The summed E-state index contributed by atoms with van der Waals surface area (Å²) in [6, 6.07) is 28.5. The molecule has 38 heavy (non-hydrogen) atoms. The molecule has 0 bridgehead atoms. The van der Waals surface area contributed by atoms with Crippen molar-refractivity contribution >= 4 is 54.6 Å². The van der Waals surface area contributed by atoms with E-state index in [1.54, 1.807) is 12.4 Å². The number of pyridine rings is 6. The van der Waals surface area contributed by atoms with Crippen LogP contribution in [0.25, 0.3) is 77.2 Å². The summed E-state index contributed by atoms with van der Waals surface area (Å²) in [6.45, 7) is 0. The normalized spacial score (nSPS) is 11.7. The molecule has 0 radical (unpaired) electrons. The van der Waals surface area contributed by atoms with Crippen LogP contribution in [-0.2, 0) is 0 Å². The molecular formula is C32H18N6. The minimum absolute atomic E-state index is 0.781. The molecule has 6 nitrogen and oxygen atoms in total. The van der Waals surface area contributed by atoms with E-state index in [-0.39, 0.29) is 0 Å². The zero-order valence-electron chi connectivity index (χ0n) is 20.1. The Morgan fingerprint density at radius 3 is 1.18 bits per heavy atom. The Labute approximate surface area is 216 Å². The summed E-state index contributed by atoms with van der Waals surface area (Å²) < 4.78 is 0. The highest BCUT2D eigenvalue weighted by molar-refractivity contribution is 6.06. The van der Waals surface area contributed by atoms with Crippen molar-refractivity contribution in [1.29, 1.82) is 0 Å². The summed E-state index contributed by atoms with van der Waals surface area (Å²) in [5.74, 6) is 0. The maximum atomic E-state index is 5.05. The van der Waals surface area contributed by atoms with Gasteiger partial charge in [0, 0.05) is 57.5 Å². The predicted molar refractivity (Wildman–Crippen MR) is 152 cm³/mol. The van der Waals surface area contributed by atoms with Crippen molar-refractivity contribution in [3.63, 3.8) is 0 Å². The van der Waals surface area contributed by atoms with Crippen LogP contribution in [0, 0.1) is 0 Å². The van der Waals surface area contributed by atoms with E-state index in [4.69, 9.17) is 19.9 Å². The Morgan fingerprint density at radius 1 is 0.316 bits per heavy atom. The second-order valence-corrected chi connectivity index (χ2v) is 9.23. The molecule has 0 aliphatic heterocycles. The van der Waals surface area contributed by atoms with Crippen molar-refractivity contribution < 1.29 is 0 Å². The molecule has 0 spiro atoms. The van der Waals surface area contributed by atoms with Gasteiger partial charge in [-0.05, 0) is 36.4 Å². The first-order valence-electron chi connectivity index (χ1n) is 12.4. The number of hydrogen-bond donors (Lipinski definition) is 0. The standard InChI is InChI=1S/C32H18N6/c1-3-19-5-7-21-9-11-25(37-29(21)27(19)33-15-1)23-13-17-36-32-24(14-18-35-31(23)32)26-12-10-22-8-6-20-4-2-16-34-28(20)30(22)38-26/h1-18H. The van der Waals surface area contributed by atoms with Crippen molar-refractivity contribution in [2.75, 3.05) is 0 Å². The van der Waals surface area contributed by atoms with Crippen molar-refractivity contribution in [2.24, 2.45) is 0 Å². The minimum Gasteiger partial charge on any atom is -0.254 e. The fourth-order valence-corrected chi connectivity index (χ4v) is 5.21. The molecule has 0 aliphatic carbocycles. The van der Waals surface area contributed by atoms with Crippen LogP contribution in [0.15, 0.2) is 110 Å². The van der Waals surface area contributed by atoms with E-state index in [0.717, 1.165) is 77.2 Å². The van der Waals surface area contributed by atoms with Gasteiger partial charge in [-0.15, -0.1) is 0 Å². The molecule has 0 saturated heterocycles. The summed E-state index contributed by atoms with van der Waals surface area (Å²) in [7, 11) is 0. The smallest absolute Gasteiger partial charge is 0.0987 e. The Balaban J connectivity index is 1.34. The van der Waals surface area contributed by atoms with Crippen LogP contribution in [-0.4, -0.2) is 29.9 Å². The van der Waals surface area contributed by atoms with Gasteiger partial charge >= 0.3 is 0 Å². The van der Waals surface area contributed by atoms with E-state index in [1.165, 1.54) is 0 Å².